The van der Waals surface area contributed by atoms with Gasteiger partial charge in [0, 0.05) is 30.2 Å². The molecule has 0 aliphatic rings. The van der Waals surface area contributed by atoms with E-state index < -0.39 is 0 Å². The molecule has 0 fully saturated rings. The van der Waals surface area contributed by atoms with Gasteiger partial charge in [0.1, 0.15) is 11.5 Å². The van der Waals surface area contributed by atoms with Gasteiger partial charge in [0.2, 0.25) is 0 Å². The molecule has 0 bridgehead atoms. The van der Waals surface area contributed by atoms with Crippen molar-refractivity contribution in [2.24, 2.45) is 0 Å². The van der Waals surface area contributed by atoms with Crippen molar-refractivity contribution in [3.8, 4) is 0 Å². The SMILES string of the molecule is CCN(CC)c1ccc(NC(=O)c2cnc(Nc3ccccc3)cn2)c(C)c1. The average Bonchev–Trinajstić information content (AvgIpc) is 2.72. The largest absolute Gasteiger partial charge is 0.372 e. The van der Waals surface area contributed by atoms with E-state index in [9.17, 15) is 4.79 Å². The van der Waals surface area contributed by atoms with Crippen LogP contribution in [0.1, 0.15) is 29.9 Å². The third-order valence-electron chi connectivity index (χ3n) is 4.52. The maximum Gasteiger partial charge on any atom is 0.275 e. The summed E-state index contributed by atoms with van der Waals surface area (Å²) in [5.41, 5.74) is 4.11. The van der Waals surface area contributed by atoms with Gasteiger partial charge < -0.3 is 15.5 Å². The van der Waals surface area contributed by atoms with Crippen molar-refractivity contribution in [3.05, 3.63) is 72.2 Å². The molecule has 0 aliphatic carbocycles. The number of hydrogen-bond donors (Lipinski definition) is 2. The second-order valence-electron chi connectivity index (χ2n) is 6.40. The molecule has 1 aromatic heterocycles. The zero-order chi connectivity index (χ0) is 19.9. The van der Waals surface area contributed by atoms with Gasteiger partial charge in [-0.2, -0.15) is 0 Å². The molecule has 3 aromatic rings. The van der Waals surface area contributed by atoms with Crippen LogP contribution >= 0.6 is 0 Å². The predicted octanol–water partition coefficient (Wildman–Crippen LogP) is 4.63. The van der Waals surface area contributed by atoms with Crippen molar-refractivity contribution >= 4 is 28.8 Å². The van der Waals surface area contributed by atoms with Crippen LogP contribution in [0.2, 0.25) is 0 Å². The first kappa shape index (κ1) is 19.4. The summed E-state index contributed by atoms with van der Waals surface area (Å²) in [6.07, 6.45) is 3.03. The van der Waals surface area contributed by atoms with Gasteiger partial charge in [-0.15, -0.1) is 0 Å². The summed E-state index contributed by atoms with van der Waals surface area (Å²) in [4.78, 5) is 23.3. The van der Waals surface area contributed by atoms with Crippen LogP contribution in [0.3, 0.4) is 0 Å². The van der Waals surface area contributed by atoms with E-state index in [0.717, 1.165) is 35.7 Å². The van der Waals surface area contributed by atoms with Gasteiger partial charge in [-0.05, 0) is 56.7 Å². The lowest BCUT2D eigenvalue weighted by Gasteiger charge is -2.22. The lowest BCUT2D eigenvalue weighted by Crippen LogP contribution is -2.22. The smallest absolute Gasteiger partial charge is 0.275 e. The quantitative estimate of drug-likeness (QED) is 0.630. The highest BCUT2D eigenvalue weighted by atomic mass is 16.1. The second-order valence-corrected chi connectivity index (χ2v) is 6.40. The minimum atomic E-state index is -0.280. The third-order valence-corrected chi connectivity index (χ3v) is 4.52. The number of nitrogens with zero attached hydrogens (tertiary/aromatic N) is 3. The number of hydrogen-bond acceptors (Lipinski definition) is 5. The Morgan fingerprint density at radius 2 is 1.75 bits per heavy atom. The molecule has 144 valence electrons. The Hall–Kier alpha value is -3.41. The van der Waals surface area contributed by atoms with Crippen LogP contribution in [0.5, 0.6) is 0 Å². The van der Waals surface area contributed by atoms with Crippen LogP contribution in [-0.2, 0) is 0 Å². The van der Waals surface area contributed by atoms with Crippen LogP contribution in [-0.4, -0.2) is 29.0 Å². The minimum absolute atomic E-state index is 0.269. The highest BCUT2D eigenvalue weighted by molar-refractivity contribution is 6.03. The molecule has 2 N–H and O–H groups in total. The maximum absolute atomic E-state index is 12.5. The molecule has 2 aromatic carbocycles. The summed E-state index contributed by atoms with van der Waals surface area (Å²) in [6.45, 7) is 8.13. The number of para-hydroxylation sites is 1. The van der Waals surface area contributed by atoms with Crippen LogP contribution in [0.15, 0.2) is 60.9 Å². The zero-order valence-electron chi connectivity index (χ0n) is 16.4. The standard InChI is InChI=1S/C22H25N5O/c1-4-27(5-2)18-11-12-19(16(3)13-18)26-22(28)20-14-24-21(15-23-20)25-17-9-7-6-8-10-17/h6-15H,4-5H2,1-3H3,(H,24,25)(H,26,28). The van der Waals surface area contributed by atoms with Gasteiger partial charge in [0.25, 0.3) is 5.91 Å². The Morgan fingerprint density at radius 1 is 1.00 bits per heavy atom. The normalized spacial score (nSPS) is 10.4. The molecule has 1 heterocycles. The maximum atomic E-state index is 12.5. The molecule has 6 heteroatoms. The van der Waals surface area contributed by atoms with Gasteiger partial charge in [-0.3, -0.25) is 4.79 Å². The van der Waals surface area contributed by atoms with Gasteiger partial charge in [-0.25, -0.2) is 9.97 Å². The molecular weight excluding hydrogens is 350 g/mol. The summed E-state index contributed by atoms with van der Waals surface area (Å²) >= 11 is 0. The second kappa shape index (κ2) is 8.99. The number of aromatic nitrogens is 2. The number of amides is 1. The highest BCUT2D eigenvalue weighted by Gasteiger charge is 2.11. The Morgan fingerprint density at radius 3 is 2.36 bits per heavy atom. The summed E-state index contributed by atoms with van der Waals surface area (Å²) < 4.78 is 0. The van der Waals surface area contributed by atoms with E-state index in [1.807, 2.05) is 49.4 Å². The van der Waals surface area contributed by atoms with E-state index in [1.165, 1.54) is 6.20 Å². The monoisotopic (exact) mass is 375 g/mol. The number of nitrogens with one attached hydrogen (secondary N) is 2. The number of rotatable bonds is 7. The molecule has 0 radical (unpaired) electrons. The number of aryl methyl sites for hydroxylation is 1. The first-order valence-corrected chi connectivity index (χ1v) is 9.41. The van der Waals surface area contributed by atoms with Gasteiger partial charge in [0.05, 0.1) is 12.4 Å². The van der Waals surface area contributed by atoms with Crippen molar-refractivity contribution in [2.45, 2.75) is 20.8 Å². The zero-order valence-corrected chi connectivity index (χ0v) is 16.4. The Bertz CT molecular complexity index is 921. The van der Waals surface area contributed by atoms with Crippen molar-refractivity contribution in [1.29, 1.82) is 0 Å². The molecule has 0 spiro atoms. The van der Waals surface area contributed by atoms with Crippen LogP contribution < -0.4 is 15.5 Å². The molecule has 6 nitrogen and oxygen atoms in total. The van der Waals surface area contributed by atoms with Gasteiger partial charge >= 0.3 is 0 Å². The third kappa shape index (κ3) is 4.65. The lowest BCUT2D eigenvalue weighted by atomic mass is 10.1. The molecule has 0 saturated carbocycles. The molecule has 3 rings (SSSR count). The predicted molar refractivity (Wildman–Crippen MR) is 114 cm³/mol. The van der Waals surface area contributed by atoms with Crippen molar-refractivity contribution in [3.63, 3.8) is 0 Å². The summed E-state index contributed by atoms with van der Waals surface area (Å²) in [5.74, 6) is 0.306. The van der Waals surface area contributed by atoms with E-state index in [0.29, 0.717) is 5.82 Å². The first-order chi connectivity index (χ1) is 13.6. The van der Waals surface area contributed by atoms with Crippen LogP contribution in [0.25, 0.3) is 0 Å². The average molecular weight is 375 g/mol. The van der Waals surface area contributed by atoms with Crippen molar-refractivity contribution in [2.75, 3.05) is 28.6 Å². The van der Waals surface area contributed by atoms with Crippen molar-refractivity contribution < 1.29 is 4.79 Å². The number of carbonyl (C=O) groups excluding carboxylic acids is 1. The fraction of sp³-hybridized carbons (Fsp3) is 0.227. The molecule has 0 atom stereocenters. The van der Waals surface area contributed by atoms with E-state index >= 15 is 0 Å². The highest BCUT2D eigenvalue weighted by Crippen LogP contribution is 2.23. The van der Waals surface area contributed by atoms with E-state index in [1.54, 1.807) is 6.20 Å². The number of carbonyl (C=O) groups is 1. The van der Waals surface area contributed by atoms with E-state index in [-0.39, 0.29) is 11.6 Å². The Labute approximate surface area is 165 Å². The molecule has 1 amide bonds. The fourth-order valence-electron chi connectivity index (χ4n) is 2.94. The number of anilines is 4. The summed E-state index contributed by atoms with van der Waals surface area (Å²) in [7, 11) is 0. The minimum Gasteiger partial charge on any atom is -0.372 e. The number of benzene rings is 2. The van der Waals surface area contributed by atoms with E-state index in [2.05, 4.69) is 45.4 Å². The molecule has 0 saturated heterocycles. The molecule has 0 aliphatic heterocycles. The fourth-order valence-corrected chi connectivity index (χ4v) is 2.94. The van der Waals surface area contributed by atoms with E-state index in [4.69, 9.17) is 0 Å². The van der Waals surface area contributed by atoms with Gasteiger partial charge in [0.15, 0.2) is 0 Å². The topological polar surface area (TPSA) is 70.2 Å². The van der Waals surface area contributed by atoms with Gasteiger partial charge in [-0.1, -0.05) is 18.2 Å². The lowest BCUT2D eigenvalue weighted by molar-refractivity contribution is 0.102. The Kier molecular flexibility index (Phi) is 6.22. The first-order valence-electron chi connectivity index (χ1n) is 9.41. The van der Waals surface area contributed by atoms with Crippen LogP contribution in [0, 0.1) is 6.92 Å². The summed E-state index contributed by atoms with van der Waals surface area (Å²) in [5, 5.41) is 6.06. The summed E-state index contributed by atoms with van der Waals surface area (Å²) in [6, 6.07) is 15.7. The molecule has 0 unspecified atom stereocenters. The Balaban J connectivity index is 1.67. The molecule has 28 heavy (non-hydrogen) atoms. The van der Waals surface area contributed by atoms with Crippen LogP contribution in [0.4, 0.5) is 22.9 Å². The molecular formula is C22H25N5O. The van der Waals surface area contributed by atoms with Crippen molar-refractivity contribution in [1.82, 2.24) is 9.97 Å².